The van der Waals surface area contributed by atoms with Gasteiger partial charge in [0, 0.05) is 6.04 Å². The summed E-state index contributed by atoms with van der Waals surface area (Å²) in [4.78, 5) is 0. The summed E-state index contributed by atoms with van der Waals surface area (Å²) in [5.74, 6) is 0.291. The van der Waals surface area contributed by atoms with Gasteiger partial charge in [-0.2, -0.15) is 0 Å². The monoisotopic (exact) mass is 281 g/mol. The van der Waals surface area contributed by atoms with Crippen molar-refractivity contribution in [1.82, 2.24) is 5.32 Å². The molecule has 0 radical (unpaired) electrons. The first-order valence-corrected chi connectivity index (χ1v) is 8.49. The highest BCUT2D eigenvalue weighted by atomic mass is 32.2. The summed E-state index contributed by atoms with van der Waals surface area (Å²) in [5.41, 5.74) is 2.41. The fraction of sp³-hybridized carbons (Fsp3) is 0.600. The highest BCUT2D eigenvalue weighted by Gasteiger charge is 2.41. The Morgan fingerprint density at radius 3 is 2.32 bits per heavy atom. The Morgan fingerprint density at radius 1 is 1.21 bits per heavy atom. The van der Waals surface area contributed by atoms with Crippen molar-refractivity contribution in [2.45, 2.75) is 49.7 Å². The molecule has 0 saturated heterocycles. The largest absolute Gasteiger partial charge is 0.312 e. The van der Waals surface area contributed by atoms with Crippen LogP contribution in [0.4, 0.5) is 0 Å². The van der Waals surface area contributed by atoms with E-state index in [9.17, 15) is 8.42 Å². The lowest BCUT2D eigenvalue weighted by Gasteiger charge is -2.37. The normalized spacial score (nSPS) is 27.3. The Morgan fingerprint density at radius 2 is 1.79 bits per heavy atom. The first kappa shape index (κ1) is 14.5. The van der Waals surface area contributed by atoms with E-state index >= 15 is 0 Å². The summed E-state index contributed by atoms with van der Waals surface area (Å²) < 4.78 is 25.1. The molecule has 1 aromatic carbocycles. The summed E-state index contributed by atoms with van der Waals surface area (Å²) in [5, 5.41) is 2.55. The zero-order chi connectivity index (χ0) is 14.2. The molecule has 3 atom stereocenters. The predicted molar refractivity (Wildman–Crippen MR) is 79.1 cm³/mol. The van der Waals surface area contributed by atoms with Crippen LogP contribution < -0.4 is 5.32 Å². The van der Waals surface area contributed by atoms with Crippen molar-refractivity contribution < 1.29 is 8.42 Å². The van der Waals surface area contributed by atoms with Crippen LogP contribution in [0.25, 0.3) is 0 Å². The molecule has 1 aliphatic rings. The number of hydrogen-bond acceptors (Lipinski definition) is 3. The zero-order valence-electron chi connectivity index (χ0n) is 12.1. The third-order valence-electron chi connectivity index (χ3n) is 4.21. The fourth-order valence-corrected chi connectivity index (χ4v) is 4.99. The first-order valence-electron chi connectivity index (χ1n) is 6.88. The van der Waals surface area contributed by atoms with Crippen molar-refractivity contribution in [2.24, 2.45) is 0 Å². The van der Waals surface area contributed by atoms with Gasteiger partial charge in [0.05, 0.1) is 10.5 Å². The van der Waals surface area contributed by atoms with E-state index in [1.54, 1.807) is 13.8 Å². The van der Waals surface area contributed by atoms with Crippen LogP contribution in [0, 0.1) is 0 Å². The molecule has 2 rings (SSSR count). The standard InChI is InChI=1S/C15H23NO2S/c1-10(2)19(17,18)14-9-11(3)12-7-5-6-8-13(12)15(14)16-4/h5-8,10-11,14-16H,9H2,1-4H3. The lowest BCUT2D eigenvalue weighted by Crippen LogP contribution is -2.43. The van der Waals surface area contributed by atoms with E-state index in [4.69, 9.17) is 0 Å². The molecular weight excluding hydrogens is 258 g/mol. The third-order valence-corrected chi connectivity index (χ3v) is 6.83. The summed E-state index contributed by atoms with van der Waals surface area (Å²) in [6.45, 7) is 5.66. The van der Waals surface area contributed by atoms with E-state index in [-0.39, 0.29) is 16.5 Å². The van der Waals surface area contributed by atoms with Crippen LogP contribution in [0.1, 0.15) is 50.3 Å². The van der Waals surface area contributed by atoms with E-state index in [1.165, 1.54) is 5.56 Å². The minimum absolute atomic E-state index is 0.0974. The second-order valence-corrected chi connectivity index (χ2v) is 8.43. The summed E-state index contributed by atoms with van der Waals surface area (Å²) in [6.07, 6.45) is 0.697. The van der Waals surface area contributed by atoms with Gasteiger partial charge in [-0.15, -0.1) is 0 Å². The molecule has 4 heteroatoms. The van der Waals surface area contributed by atoms with E-state index in [0.717, 1.165) is 5.56 Å². The smallest absolute Gasteiger partial charge is 0.157 e. The molecule has 3 unspecified atom stereocenters. The van der Waals surface area contributed by atoms with Crippen LogP contribution in [0.5, 0.6) is 0 Å². The van der Waals surface area contributed by atoms with Gasteiger partial charge in [-0.3, -0.25) is 0 Å². The molecule has 0 amide bonds. The van der Waals surface area contributed by atoms with Gasteiger partial charge < -0.3 is 5.32 Å². The van der Waals surface area contributed by atoms with E-state index in [1.807, 2.05) is 19.2 Å². The molecule has 1 aromatic rings. The maximum absolute atomic E-state index is 12.6. The number of nitrogens with one attached hydrogen (secondary N) is 1. The van der Waals surface area contributed by atoms with Crippen molar-refractivity contribution in [3.8, 4) is 0 Å². The predicted octanol–water partition coefficient (Wildman–Crippen LogP) is 2.65. The van der Waals surface area contributed by atoms with Crippen LogP contribution in [0.3, 0.4) is 0 Å². The lowest BCUT2D eigenvalue weighted by molar-refractivity contribution is 0.443. The maximum Gasteiger partial charge on any atom is 0.157 e. The molecule has 0 aromatic heterocycles. The highest BCUT2D eigenvalue weighted by Crippen LogP contribution is 2.41. The molecule has 3 nitrogen and oxygen atoms in total. The summed E-state index contributed by atoms with van der Waals surface area (Å²) in [7, 11) is -1.25. The fourth-order valence-electron chi connectivity index (χ4n) is 3.07. The van der Waals surface area contributed by atoms with E-state index in [0.29, 0.717) is 12.3 Å². The minimum Gasteiger partial charge on any atom is -0.312 e. The molecule has 106 valence electrons. The Balaban J connectivity index is 2.51. The molecule has 0 aliphatic heterocycles. The molecule has 0 heterocycles. The Kier molecular flexibility index (Phi) is 4.02. The van der Waals surface area contributed by atoms with Crippen molar-refractivity contribution in [3.63, 3.8) is 0 Å². The SMILES string of the molecule is CNC1c2ccccc2C(C)CC1S(=O)(=O)C(C)C. The van der Waals surface area contributed by atoms with Crippen molar-refractivity contribution >= 4 is 9.84 Å². The number of sulfone groups is 1. The minimum atomic E-state index is -3.10. The van der Waals surface area contributed by atoms with Gasteiger partial charge >= 0.3 is 0 Å². The van der Waals surface area contributed by atoms with Crippen molar-refractivity contribution in [3.05, 3.63) is 35.4 Å². The average molecular weight is 281 g/mol. The molecular formula is C15H23NO2S. The van der Waals surface area contributed by atoms with Crippen LogP contribution in [-0.2, 0) is 9.84 Å². The van der Waals surface area contributed by atoms with Crippen LogP contribution >= 0.6 is 0 Å². The summed E-state index contributed by atoms with van der Waals surface area (Å²) >= 11 is 0. The molecule has 0 bridgehead atoms. The van der Waals surface area contributed by atoms with Gasteiger partial charge in [-0.05, 0) is 44.4 Å². The van der Waals surface area contributed by atoms with Gasteiger partial charge in [-0.1, -0.05) is 31.2 Å². The van der Waals surface area contributed by atoms with Gasteiger partial charge in [-0.25, -0.2) is 8.42 Å². The summed E-state index contributed by atoms with van der Waals surface area (Å²) in [6, 6.07) is 8.08. The van der Waals surface area contributed by atoms with Crippen molar-refractivity contribution in [1.29, 1.82) is 0 Å². The Bertz CT molecular complexity index is 551. The van der Waals surface area contributed by atoms with E-state index in [2.05, 4.69) is 24.4 Å². The third kappa shape index (κ3) is 2.43. The zero-order valence-corrected chi connectivity index (χ0v) is 12.9. The maximum atomic E-state index is 12.6. The second-order valence-electron chi connectivity index (χ2n) is 5.71. The molecule has 0 fully saturated rings. The first-order chi connectivity index (χ1) is 8.89. The lowest BCUT2D eigenvalue weighted by atomic mass is 9.81. The van der Waals surface area contributed by atoms with Gasteiger partial charge in [0.2, 0.25) is 0 Å². The van der Waals surface area contributed by atoms with Gasteiger partial charge in [0.15, 0.2) is 9.84 Å². The van der Waals surface area contributed by atoms with Gasteiger partial charge in [0.1, 0.15) is 0 Å². The number of benzene rings is 1. The molecule has 0 spiro atoms. The van der Waals surface area contributed by atoms with Crippen LogP contribution in [0.15, 0.2) is 24.3 Å². The average Bonchev–Trinajstić information content (AvgIpc) is 2.38. The van der Waals surface area contributed by atoms with E-state index < -0.39 is 9.84 Å². The Labute approximate surface area is 116 Å². The Hall–Kier alpha value is -0.870. The van der Waals surface area contributed by atoms with Crippen molar-refractivity contribution in [2.75, 3.05) is 7.05 Å². The van der Waals surface area contributed by atoms with Crippen LogP contribution in [-0.4, -0.2) is 26.0 Å². The highest BCUT2D eigenvalue weighted by molar-refractivity contribution is 7.92. The topological polar surface area (TPSA) is 46.2 Å². The quantitative estimate of drug-likeness (QED) is 0.926. The molecule has 1 aliphatic carbocycles. The van der Waals surface area contributed by atoms with Crippen LogP contribution in [0.2, 0.25) is 0 Å². The van der Waals surface area contributed by atoms with Gasteiger partial charge in [0.25, 0.3) is 0 Å². The second kappa shape index (κ2) is 5.25. The molecule has 19 heavy (non-hydrogen) atoms. The number of rotatable bonds is 3. The molecule has 0 saturated carbocycles. The number of hydrogen-bond donors (Lipinski definition) is 1. The number of fused-ring (bicyclic) bond motifs is 1. The molecule has 1 N–H and O–H groups in total.